The highest BCUT2D eigenvalue weighted by Gasteiger charge is 2.31. The summed E-state index contributed by atoms with van der Waals surface area (Å²) >= 11 is 0. The number of aromatic amines is 1. The first-order chi connectivity index (χ1) is 14.3. The first-order valence-electron chi connectivity index (χ1n) is 8.75. The molecule has 30 heavy (non-hydrogen) atoms. The van der Waals surface area contributed by atoms with E-state index in [1.165, 1.54) is 12.4 Å². The van der Waals surface area contributed by atoms with Crippen LogP contribution >= 0.6 is 0 Å². The van der Waals surface area contributed by atoms with E-state index in [2.05, 4.69) is 25.3 Å². The molecule has 0 aliphatic carbocycles. The molecule has 3 heterocycles. The van der Waals surface area contributed by atoms with Crippen molar-refractivity contribution in [3.8, 4) is 17.3 Å². The Morgan fingerprint density at radius 1 is 1.13 bits per heavy atom. The fraction of sp³-hybridized carbons (Fsp3) is 0.100. The average molecular weight is 409 g/mol. The summed E-state index contributed by atoms with van der Waals surface area (Å²) < 4.78 is 39.3. The molecule has 10 heteroatoms. The molecule has 3 aromatic heterocycles. The summed E-state index contributed by atoms with van der Waals surface area (Å²) in [6, 6.07) is 10.2. The van der Waals surface area contributed by atoms with Crippen LogP contribution in [0.1, 0.15) is 16.7 Å². The highest BCUT2D eigenvalue weighted by molar-refractivity contribution is 5.94. The number of nitrogens with zero attached hydrogens (tertiary/aromatic N) is 4. The summed E-state index contributed by atoms with van der Waals surface area (Å²) in [5.74, 6) is 0.232. The molecule has 0 amide bonds. The second kappa shape index (κ2) is 7.36. The van der Waals surface area contributed by atoms with Crippen molar-refractivity contribution in [3.05, 3.63) is 65.6 Å². The molecular formula is C20H14F3N7. The number of halogens is 3. The van der Waals surface area contributed by atoms with E-state index in [-0.39, 0.29) is 28.2 Å². The number of hydrogen-bond acceptors (Lipinski definition) is 6. The van der Waals surface area contributed by atoms with Crippen molar-refractivity contribution >= 4 is 22.7 Å². The molecular weight excluding hydrogens is 395 g/mol. The Bertz CT molecular complexity index is 1250. The third-order valence-electron chi connectivity index (χ3n) is 4.45. The summed E-state index contributed by atoms with van der Waals surface area (Å²) in [7, 11) is 0. The van der Waals surface area contributed by atoms with Crippen molar-refractivity contribution < 1.29 is 13.2 Å². The first kappa shape index (κ1) is 19.2. The maximum atomic E-state index is 13.1. The predicted molar refractivity (Wildman–Crippen MR) is 105 cm³/mol. The number of nitrogens with two attached hydrogens (primary N) is 1. The standard InChI is InChI=1S/C20H14F3N7/c21-20(22,23)13-5-15-16(10-27-18(15)26-9-13)17-12(6-24)8-29-19(30-17)28-7-11-1-3-14(25)4-2-11/h1-5,8-10H,7,25H2,(H,26,27)(H,28,29,30). The maximum absolute atomic E-state index is 13.1. The van der Waals surface area contributed by atoms with Crippen LogP contribution in [0.5, 0.6) is 0 Å². The quantitative estimate of drug-likeness (QED) is 0.437. The fourth-order valence-corrected chi connectivity index (χ4v) is 2.93. The minimum atomic E-state index is -4.54. The van der Waals surface area contributed by atoms with Gasteiger partial charge in [-0.3, -0.25) is 0 Å². The number of benzene rings is 1. The number of rotatable bonds is 4. The van der Waals surface area contributed by atoms with Crippen molar-refractivity contribution in [3.63, 3.8) is 0 Å². The zero-order valence-electron chi connectivity index (χ0n) is 15.3. The number of H-pyrrole nitrogens is 1. The number of fused-ring (bicyclic) bond motifs is 1. The molecule has 0 radical (unpaired) electrons. The molecule has 7 nitrogen and oxygen atoms in total. The first-order valence-corrected chi connectivity index (χ1v) is 8.75. The molecule has 4 aromatic rings. The number of hydrogen-bond donors (Lipinski definition) is 3. The van der Waals surface area contributed by atoms with Gasteiger partial charge in [-0.15, -0.1) is 0 Å². The van der Waals surface area contributed by atoms with Gasteiger partial charge in [0, 0.05) is 35.6 Å². The second-order valence-corrected chi connectivity index (χ2v) is 6.48. The highest BCUT2D eigenvalue weighted by Crippen LogP contribution is 2.34. The molecule has 0 spiro atoms. The smallest absolute Gasteiger partial charge is 0.399 e. The highest BCUT2D eigenvalue weighted by atomic mass is 19.4. The van der Waals surface area contributed by atoms with Gasteiger partial charge in [0.25, 0.3) is 0 Å². The number of anilines is 2. The third-order valence-corrected chi connectivity index (χ3v) is 4.45. The lowest BCUT2D eigenvalue weighted by Gasteiger charge is -2.09. The summed E-state index contributed by atoms with van der Waals surface area (Å²) in [5, 5.41) is 12.7. The van der Waals surface area contributed by atoms with Gasteiger partial charge >= 0.3 is 6.18 Å². The Balaban J connectivity index is 1.72. The Morgan fingerprint density at radius 2 is 1.90 bits per heavy atom. The van der Waals surface area contributed by atoms with E-state index in [1.807, 2.05) is 18.2 Å². The van der Waals surface area contributed by atoms with Crippen LogP contribution in [0.3, 0.4) is 0 Å². The largest absolute Gasteiger partial charge is 0.417 e. The predicted octanol–water partition coefficient (Wildman–Crippen LogP) is 4.10. The van der Waals surface area contributed by atoms with Crippen LogP contribution in [-0.4, -0.2) is 19.9 Å². The number of nitrogens with one attached hydrogen (secondary N) is 2. The van der Waals surface area contributed by atoms with E-state index in [9.17, 15) is 18.4 Å². The number of nitriles is 1. The van der Waals surface area contributed by atoms with E-state index < -0.39 is 11.7 Å². The number of nitrogen functional groups attached to an aromatic ring is 1. The topological polar surface area (TPSA) is 116 Å². The van der Waals surface area contributed by atoms with Gasteiger partial charge in [-0.2, -0.15) is 18.4 Å². The fourth-order valence-electron chi connectivity index (χ4n) is 2.93. The molecule has 0 atom stereocenters. The van der Waals surface area contributed by atoms with Crippen molar-refractivity contribution in [2.45, 2.75) is 12.7 Å². The number of aromatic nitrogens is 4. The molecule has 0 aliphatic rings. The number of pyridine rings is 1. The molecule has 0 fully saturated rings. The van der Waals surface area contributed by atoms with E-state index in [0.29, 0.717) is 17.8 Å². The van der Waals surface area contributed by atoms with Gasteiger partial charge < -0.3 is 16.0 Å². The van der Waals surface area contributed by atoms with Crippen molar-refractivity contribution in [2.24, 2.45) is 0 Å². The monoisotopic (exact) mass is 409 g/mol. The van der Waals surface area contributed by atoms with Gasteiger partial charge in [0.1, 0.15) is 11.7 Å². The molecule has 4 rings (SSSR count). The Kier molecular flexibility index (Phi) is 4.71. The minimum absolute atomic E-state index is 0.131. The van der Waals surface area contributed by atoms with Crippen LogP contribution in [0.25, 0.3) is 22.3 Å². The van der Waals surface area contributed by atoms with Gasteiger partial charge in [0.05, 0.1) is 23.0 Å². The summed E-state index contributed by atoms with van der Waals surface area (Å²) in [6.45, 7) is 0.402. The van der Waals surface area contributed by atoms with Crippen molar-refractivity contribution in [1.29, 1.82) is 5.26 Å². The Hall–Kier alpha value is -4.13. The van der Waals surface area contributed by atoms with E-state index in [4.69, 9.17) is 5.73 Å². The zero-order chi connectivity index (χ0) is 21.3. The third kappa shape index (κ3) is 3.73. The normalized spacial score (nSPS) is 11.4. The number of alkyl halides is 3. The van der Waals surface area contributed by atoms with Crippen LogP contribution in [0.15, 0.2) is 48.9 Å². The Morgan fingerprint density at radius 3 is 2.60 bits per heavy atom. The molecule has 1 aromatic carbocycles. The van der Waals surface area contributed by atoms with Crippen LogP contribution in [0.2, 0.25) is 0 Å². The van der Waals surface area contributed by atoms with Gasteiger partial charge in [0.2, 0.25) is 5.95 Å². The lowest BCUT2D eigenvalue weighted by Crippen LogP contribution is -2.06. The van der Waals surface area contributed by atoms with E-state index in [0.717, 1.165) is 17.8 Å². The molecule has 0 unspecified atom stereocenters. The maximum Gasteiger partial charge on any atom is 0.417 e. The van der Waals surface area contributed by atoms with Gasteiger partial charge in [-0.25, -0.2) is 15.0 Å². The SMILES string of the molecule is N#Cc1cnc(NCc2ccc(N)cc2)nc1-c1c[nH]c2ncc(C(F)(F)F)cc12. The lowest BCUT2D eigenvalue weighted by atomic mass is 10.1. The molecule has 0 aliphatic heterocycles. The zero-order valence-corrected chi connectivity index (χ0v) is 15.3. The minimum Gasteiger partial charge on any atom is -0.399 e. The van der Waals surface area contributed by atoms with Crippen LogP contribution < -0.4 is 11.1 Å². The van der Waals surface area contributed by atoms with E-state index in [1.54, 1.807) is 12.1 Å². The van der Waals surface area contributed by atoms with E-state index >= 15 is 0 Å². The summed E-state index contributed by atoms with van der Waals surface area (Å²) in [4.78, 5) is 15.1. The molecule has 4 N–H and O–H groups in total. The molecule has 0 bridgehead atoms. The van der Waals surface area contributed by atoms with Crippen LogP contribution in [0.4, 0.5) is 24.8 Å². The van der Waals surface area contributed by atoms with Crippen molar-refractivity contribution in [2.75, 3.05) is 11.1 Å². The summed E-state index contributed by atoms with van der Waals surface area (Å²) in [5.41, 5.74) is 7.29. The molecule has 0 saturated heterocycles. The lowest BCUT2D eigenvalue weighted by molar-refractivity contribution is -0.137. The summed E-state index contributed by atoms with van der Waals surface area (Å²) in [6.07, 6.45) is -0.975. The van der Waals surface area contributed by atoms with Crippen LogP contribution in [-0.2, 0) is 12.7 Å². The average Bonchev–Trinajstić information content (AvgIpc) is 3.15. The van der Waals surface area contributed by atoms with Gasteiger partial charge in [0.15, 0.2) is 0 Å². The molecule has 150 valence electrons. The van der Waals surface area contributed by atoms with Gasteiger partial charge in [-0.05, 0) is 23.8 Å². The van der Waals surface area contributed by atoms with Gasteiger partial charge in [-0.1, -0.05) is 12.1 Å². The second-order valence-electron chi connectivity index (χ2n) is 6.48. The van der Waals surface area contributed by atoms with Crippen molar-refractivity contribution in [1.82, 2.24) is 19.9 Å². The Labute approximate surface area is 168 Å². The molecule has 0 saturated carbocycles. The van der Waals surface area contributed by atoms with Crippen LogP contribution in [0, 0.1) is 11.3 Å².